The smallest absolute Gasteiger partial charge is 0.213 e. The van der Waals surface area contributed by atoms with Gasteiger partial charge in [0.15, 0.2) is 0 Å². The van der Waals surface area contributed by atoms with Gasteiger partial charge < -0.3 is 10.7 Å². The minimum Gasteiger partial charge on any atom is -0.384 e. The van der Waals surface area contributed by atoms with Crippen LogP contribution in [0, 0.1) is 0 Å². The first-order valence-electron chi connectivity index (χ1n) is 4.65. The third-order valence-electron chi connectivity index (χ3n) is 1.92. The van der Waals surface area contributed by atoms with Crippen LogP contribution in [0.4, 0.5) is 11.5 Å². The number of hydrogen-bond donors (Lipinski definition) is 4. The van der Waals surface area contributed by atoms with Crippen LogP contribution in [0.1, 0.15) is 0 Å². The van der Waals surface area contributed by atoms with Crippen molar-refractivity contribution >= 4 is 21.5 Å². The highest BCUT2D eigenvalue weighted by molar-refractivity contribution is 7.89. The molecule has 0 spiro atoms. The lowest BCUT2D eigenvalue weighted by molar-refractivity contribution is 0.588. The lowest BCUT2D eigenvalue weighted by Gasteiger charge is -2.07. The van der Waals surface area contributed by atoms with Crippen molar-refractivity contribution in [3.8, 4) is 0 Å². The van der Waals surface area contributed by atoms with Crippen molar-refractivity contribution in [2.75, 3.05) is 30.1 Å². The van der Waals surface area contributed by atoms with Gasteiger partial charge in [-0.1, -0.05) is 0 Å². The number of hydrazine groups is 1. The molecular weight excluding hydrogens is 230 g/mol. The highest BCUT2D eigenvalue weighted by atomic mass is 32.2. The number of anilines is 2. The fourth-order valence-electron chi connectivity index (χ4n) is 1.05. The van der Waals surface area contributed by atoms with Crippen LogP contribution in [0.2, 0.25) is 0 Å². The van der Waals surface area contributed by atoms with Crippen molar-refractivity contribution in [3.05, 3.63) is 18.3 Å². The van der Waals surface area contributed by atoms with E-state index in [0.717, 1.165) is 5.69 Å². The number of aromatic nitrogens is 1. The average Bonchev–Trinajstić information content (AvgIpc) is 2.29. The predicted octanol–water partition coefficient (Wildman–Crippen LogP) is -0.672. The third-order valence-corrected chi connectivity index (χ3v) is 3.28. The molecule has 0 aliphatic carbocycles. The molecule has 1 heterocycles. The maximum Gasteiger partial charge on any atom is 0.213 e. The highest BCUT2D eigenvalue weighted by Gasteiger charge is 2.05. The van der Waals surface area contributed by atoms with Crippen LogP contribution < -0.4 is 21.3 Å². The van der Waals surface area contributed by atoms with Gasteiger partial charge in [-0.3, -0.25) is 0 Å². The summed E-state index contributed by atoms with van der Waals surface area (Å²) in [7, 11) is -1.79. The Morgan fingerprint density at radius 2 is 2.25 bits per heavy atom. The number of rotatable bonds is 6. The van der Waals surface area contributed by atoms with E-state index in [4.69, 9.17) is 5.84 Å². The molecule has 90 valence electrons. The second-order valence-electron chi connectivity index (χ2n) is 3.02. The first-order valence-corrected chi connectivity index (χ1v) is 6.30. The predicted molar refractivity (Wildman–Crippen MR) is 63.4 cm³/mol. The van der Waals surface area contributed by atoms with Crippen molar-refractivity contribution in [2.24, 2.45) is 5.84 Å². The van der Waals surface area contributed by atoms with E-state index in [0.29, 0.717) is 12.4 Å². The van der Waals surface area contributed by atoms with Crippen LogP contribution in [0.15, 0.2) is 18.3 Å². The van der Waals surface area contributed by atoms with Gasteiger partial charge in [0.2, 0.25) is 10.0 Å². The van der Waals surface area contributed by atoms with Crippen LogP contribution in [-0.4, -0.2) is 32.7 Å². The molecule has 1 rings (SSSR count). The average molecular weight is 245 g/mol. The molecule has 0 aliphatic heterocycles. The molecule has 1 aromatic rings. The molecule has 16 heavy (non-hydrogen) atoms. The van der Waals surface area contributed by atoms with E-state index in [-0.39, 0.29) is 5.75 Å². The SMILES string of the molecule is CNS(=O)(=O)CCNc1ccnc(NN)c1. The molecule has 0 amide bonds. The lowest BCUT2D eigenvalue weighted by Crippen LogP contribution is -2.26. The Morgan fingerprint density at radius 3 is 2.88 bits per heavy atom. The van der Waals surface area contributed by atoms with Gasteiger partial charge in [0, 0.05) is 24.5 Å². The van der Waals surface area contributed by atoms with E-state index in [2.05, 4.69) is 20.4 Å². The van der Waals surface area contributed by atoms with Gasteiger partial charge in [-0.2, -0.15) is 0 Å². The molecule has 7 nitrogen and oxygen atoms in total. The molecule has 0 bridgehead atoms. The summed E-state index contributed by atoms with van der Waals surface area (Å²) in [6.07, 6.45) is 1.57. The summed E-state index contributed by atoms with van der Waals surface area (Å²) in [5.74, 6) is 5.72. The van der Waals surface area contributed by atoms with Crippen LogP contribution in [0.25, 0.3) is 0 Å². The minimum atomic E-state index is -3.17. The van der Waals surface area contributed by atoms with E-state index in [1.54, 1.807) is 18.3 Å². The van der Waals surface area contributed by atoms with Gasteiger partial charge in [-0.25, -0.2) is 24.0 Å². The first-order chi connectivity index (χ1) is 7.57. The van der Waals surface area contributed by atoms with Crippen molar-refractivity contribution < 1.29 is 8.42 Å². The number of nitrogens with zero attached hydrogens (tertiary/aromatic N) is 1. The zero-order chi connectivity index (χ0) is 12.0. The van der Waals surface area contributed by atoms with Gasteiger partial charge in [0.1, 0.15) is 5.82 Å². The van der Waals surface area contributed by atoms with E-state index < -0.39 is 10.0 Å². The zero-order valence-corrected chi connectivity index (χ0v) is 9.71. The summed E-state index contributed by atoms with van der Waals surface area (Å²) < 4.78 is 24.5. The number of nitrogens with two attached hydrogens (primary N) is 1. The van der Waals surface area contributed by atoms with Crippen molar-refractivity contribution in [1.29, 1.82) is 0 Å². The quantitative estimate of drug-likeness (QED) is 0.391. The molecule has 0 saturated carbocycles. The topological polar surface area (TPSA) is 109 Å². The molecule has 0 radical (unpaired) electrons. The van der Waals surface area contributed by atoms with Gasteiger partial charge >= 0.3 is 0 Å². The third kappa shape index (κ3) is 4.01. The van der Waals surface area contributed by atoms with Gasteiger partial charge in [0.05, 0.1) is 5.75 Å². The Kier molecular flexibility index (Phi) is 4.47. The second-order valence-corrected chi connectivity index (χ2v) is 5.07. The molecular formula is C8H15N5O2S. The Bertz CT molecular complexity index is 434. The molecule has 0 saturated heterocycles. The Hall–Kier alpha value is -1.38. The van der Waals surface area contributed by atoms with Crippen LogP contribution in [0.3, 0.4) is 0 Å². The van der Waals surface area contributed by atoms with Crippen LogP contribution in [0.5, 0.6) is 0 Å². The molecule has 0 fully saturated rings. The largest absolute Gasteiger partial charge is 0.384 e. The summed E-state index contributed by atoms with van der Waals surface area (Å²) in [6.45, 7) is 0.317. The summed E-state index contributed by atoms with van der Waals surface area (Å²) in [5, 5.41) is 2.96. The van der Waals surface area contributed by atoms with Gasteiger partial charge in [-0.05, 0) is 13.1 Å². The molecule has 8 heteroatoms. The Labute approximate surface area is 94.5 Å². The molecule has 0 atom stereocenters. The monoisotopic (exact) mass is 245 g/mol. The summed E-state index contributed by atoms with van der Waals surface area (Å²) in [6, 6.07) is 3.42. The molecule has 0 aromatic carbocycles. The normalized spacial score (nSPS) is 11.1. The Morgan fingerprint density at radius 1 is 1.50 bits per heavy atom. The number of sulfonamides is 1. The fraction of sp³-hybridized carbons (Fsp3) is 0.375. The first kappa shape index (κ1) is 12.7. The van der Waals surface area contributed by atoms with Crippen molar-refractivity contribution in [2.45, 2.75) is 0 Å². The minimum absolute atomic E-state index is 0.0111. The number of pyridine rings is 1. The lowest BCUT2D eigenvalue weighted by atomic mass is 10.4. The zero-order valence-electron chi connectivity index (χ0n) is 8.90. The molecule has 1 aromatic heterocycles. The van der Waals surface area contributed by atoms with E-state index >= 15 is 0 Å². The number of nitrogen functional groups attached to an aromatic ring is 1. The summed E-state index contributed by atoms with van der Waals surface area (Å²) >= 11 is 0. The van der Waals surface area contributed by atoms with E-state index in [1.165, 1.54) is 7.05 Å². The van der Waals surface area contributed by atoms with Gasteiger partial charge in [-0.15, -0.1) is 0 Å². The standard InChI is InChI=1S/C8H15N5O2S/c1-10-16(14,15)5-4-11-7-2-3-12-8(6-7)13-9/h2-3,6,10H,4-5,9H2,1H3,(H2,11,12,13). The number of nitrogens with one attached hydrogen (secondary N) is 3. The maximum atomic E-state index is 11.1. The molecule has 5 N–H and O–H groups in total. The van der Waals surface area contributed by atoms with E-state index in [9.17, 15) is 8.42 Å². The summed E-state index contributed by atoms with van der Waals surface area (Å²) in [5.41, 5.74) is 3.16. The second kappa shape index (κ2) is 5.64. The van der Waals surface area contributed by atoms with Crippen molar-refractivity contribution in [3.63, 3.8) is 0 Å². The Balaban J connectivity index is 2.49. The van der Waals surface area contributed by atoms with Gasteiger partial charge in [0.25, 0.3) is 0 Å². The molecule has 0 aliphatic rings. The van der Waals surface area contributed by atoms with Crippen LogP contribution >= 0.6 is 0 Å². The number of hydrogen-bond acceptors (Lipinski definition) is 6. The van der Waals surface area contributed by atoms with Crippen molar-refractivity contribution in [1.82, 2.24) is 9.71 Å². The fourth-order valence-corrected chi connectivity index (χ4v) is 1.63. The van der Waals surface area contributed by atoms with E-state index in [1.807, 2.05) is 0 Å². The summed E-state index contributed by atoms with van der Waals surface area (Å²) in [4.78, 5) is 3.92. The molecule has 0 unspecified atom stereocenters. The maximum absolute atomic E-state index is 11.1. The highest BCUT2D eigenvalue weighted by Crippen LogP contribution is 2.10. The van der Waals surface area contributed by atoms with Crippen LogP contribution in [-0.2, 0) is 10.0 Å².